The van der Waals surface area contributed by atoms with Crippen molar-refractivity contribution in [3.63, 3.8) is 0 Å². The molecule has 1 saturated carbocycles. The van der Waals surface area contributed by atoms with Crippen LogP contribution in [-0.4, -0.2) is 36.1 Å². The molecule has 86 valence electrons. The van der Waals surface area contributed by atoms with Crippen molar-refractivity contribution in [2.75, 3.05) is 20.1 Å². The topological polar surface area (TPSA) is 40.5 Å². The Balaban J connectivity index is 2.05. The van der Waals surface area contributed by atoms with Gasteiger partial charge in [-0.3, -0.25) is 4.79 Å². The minimum absolute atomic E-state index is 0.0794. The van der Waals surface area contributed by atoms with Crippen LogP contribution in [-0.2, 0) is 4.79 Å². The Bertz CT molecular complexity index is 236. The second kappa shape index (κ2) is 4.52. The van der Waals surface area contributed by atoms with Crippen molar-refractivity contribution in [1.29, 1.82) is 0 Å². The van der Waals surface area contributed by atoms with Crippen LogP contribution in [0.15, 0.2) is 0 Å². The van der Waals surface area contributed by atoms with Gasteiger partial charge in [0.25, 0.3) is 0 Å². The van der Waals surface area contributed by atoms with Crippen molar-refractivity contribution in [2.24, 2.45) is 17.8 Å². The molecule has 2 aliphatic rings. The summed E-state index contributed by atoms with van der Waals surface area (Å²) < 4.78 is 0. The van der Waals surface area contributed by atoms with Gasteiger partial charge in [0.15, 0.2) is 0 Å². The van der Waals surface area contributed by atoms with Crippen LogP contribution >= 0.6 is 0 Å². The first-order valence-electron chi connectivity index (χ1n) is 6.10. The van der Waals surface area contributed by atoms with Crippen LogP contribution in [0.1, 0.15) is 32.1 Å². The number of hydrogen-bond acceptors (Lipinski definition) is 2. The molecule has 0 radical (unpaired) electrons. The van der Waals surface area contributed by atoms with Crippen LogP contribution in [0.4, 0.5) is 0 Å². The highest BCUT2D eigenvalue weighted by atomic mass is 16.4. The van der Waals surface area contributed by atoms with Crippen LogP contribution < -0.4 is 0 Å². The largest absolute Gasteiger partial charge is 0.481 e. The van der Waals surface area contributed by atoms with Gasteiger partial charge in [-0.1, -0.05) is 25.7 Å². The molecule has 1 aliphatic carbocycles. The molecule has 2 unspecified atom stereocenters. The van der Waals surface area contributed by atoms with E-state index in [1.165, 1.54) is 25.7 Å². The zero-order valence-corrected chi connectivity index (χ0v) is 9.48. The highest BCUT2D eigenvalue weighted by Crippen LogP contribution is 2.38. The number of nitrogens with zero attached hydrogens (tertiary/aromatic N) is 1. The second-order valence-corrected chi connectivity index (χ2v) is 5.20. The molecule has 0 amide bonds. The van der Waals surface area contributed by atoms with Crippen molar-refractivity contribution >= 4 is 5.97 Å². The summed E-state index contributed by atoms with van der Waals surface area (Å²) in [4.78, 5) is 13.5. The van der Waals surface area contributed by atoms with E-state index in [0.29, 0.717) is 11.8 Å². The molecule has 2 atom stereocenters. The van der Waals surface area contributed by atoms with Crippen molar-refractivity contribution in [3.8, 4) is 0 Å². The quantitative estimate of drug-likeness (QED) is 0.757. The summed E-state index contributed by atoms with van der Waals surface area (Å²) in [7, 11) is 2.11. The molecule has 1 aliphatic heterocycles. The monoisotopic (exact) mass is 211 g/mol. The standard InChI is InChI=1S/C12H21NO2/c1-13-7-6-10(12(14)15)11(8-13)9-4-2-3-5-9/h9-11H,2-8H2,1H3,(H,14,15). The zero-order chi connectivity index (χ0) is 10.8. The summed E-state index contributed by atoms with van der Waals surface area (Å²) in [5, 5.41) is 9.24. The molecule has 2 rings (SSSR count). The van der Waals surface area contributed by atoms with E-state index in [1.54, 1.807) is 0 Å². The Hall–Kier alpha value is -0.570. The number of likely N-dealkylation sites (tertiary alicyclic amines) is 1. The average Bonchev–Trinajstić information content (AvgIpc) is 2.69. The van der Waals surface area contributed by atoms with Crippen molar-refractivity contribution in [2.45, 2.75) is 32.1 Å². The summed E-state index contributed by atoms with van der Waals surface area (Å²) in [6.07, 6.45) is 5.95. The van der Waals surface area contributed by atoms with E-state index in [4.69, 9.17) is 0 Å². The molecule has 1 saturated heterocycles. The van der Waals surface area contributed by atoms with E-state index >= 15 is 0 Å². The maximum atomic E-state index is 11.2. The highest BCUT2D eigenvalue weighted by molar-refractivity contribution is 5.70. The minimum Gasteiger partial charge on any atom is -0.481 e. The van der Waals surface area contributed by atoms with Gasteiger partial charge < -0.3 is 10.0 Å². The molecule has 0 aromatic heterocycles. The third kappa shape index (κ3) is 2.33. The summed E-state index contributed by atoms with van der Waals surface area (Å²) in [5.41, 5.74) is 0. The number of carboxylic acid groups (broad SMARTS) is 1. The fourth-order valence-corrected chi connectivity index (χ4v) is 3.32. The molecular formula is C12H21NO2. The molecule has 1 heterocycles. The van der Waals surface area contributed by atoms with Crippen molar-refractivity contribution in [3.05, 3.63) is 0 Å². The number of carbonyl (C=O) groups is 1. The van der Waals surface area contributed by atoms with Gasteiger partial charge in [-0.2, -0.15) is 0 Å². The molecule has 0 spiro atoms. The number of hydrogen-bond donors (Lipinski definition) is 1. The Morgan fingerprint density at radius 3 is 2.53 bits per heavy atom. The number of carboxylic acids is 1. The second-order valence-electron chi connectivity index (χ2n) is 5.20. The summed E-state index contributed by atoms with van der Waals surface area (Å²) in [6, 6.07) is 0. The van der Waals surface area contributed by atoms with Gasteiger partial charge in [-0.25, -0.2) is 0 Å². The van der Waals surface area contributed by atoms with Gasteiger partial charge in [0.05, 0.1) is 5.92 Å². The fraction of sp³-hybridized carbons (Fsp3) is 0.917. The van der Waals surface area contributed by atoms with Crippen LogP contribution in [0.3, 0.4) is 0 Å². The van der Waals surface area contributed by atoms with E-state index in [0.717, 1.165) is 19.5 Å². The zero-order valence-electron chi connectivity index (χ0n) is 9.48. The van der Waals surface area contributed by atoms with Crippen LogP contribution in [0.5, 0.6) is 0 Å². The molecule has 0 aromatic rings. The third-order valence-electron chi connectivity index (χ3n) is 4.18. The predicted octanol–water partition coefficient (Wildman–Crippen LogP) is 1.83. The van der Waals surface area contributed by atoms with E-state index in [1.807, 2.05) is 0 Å². The first kappa shape index (κ1) is 10.9. The Morgan fingerprint density at radius 1 is 1.27 bits per heavy atom. The fourth-order valence-electron chi connectivity index (χ4n) is 3.32. The highest BCUT2D eigenvalue weighted by Gasteiger charge is 2.38. The molecule has 15 heavy (non-hydrogen) atoms. The van der Waals surface area contributed by atoms with Crippen molar-refractivity contribution < 1.29 is 9.90 Å². The van der Waals surface area contributed by atoms with E-state index < -0.39 is 5.97 Å². The predicted molar refractivity (Wildman–Crippen MR) is 58.7 cm³/mol. The lowest BCUT2D eigenvalue weighted by Crippen LogP contribution is -2.44. The summed E-state index contributed by atoms with van der Waals surface area (Å²) in [5.74, 6) is 0.432. The molecular weight excluding hydrogens is 190 g/mol. The SMILES string of the molecule is CN1CCC(C(=O)O)C(C2CCCC2)C1. The molecule has 3 nitrogen and oxygen atoms in total. The summed E-state index contributed by atoms with van der Waals surface area (Å²) in [6.45, 7) is 1.93. The lowest BCUT2D eigenvalue weighted by Gasteiger charge is -2.37. The van der Waals surface area contributed by atoms with Crippen molar-refractivity contribution in [1.82, 2.24) is 4.90 Å². The summed E-state index contributed by atoms with van der Waals surface area (Å²) >= 11 is 0. The van der Waals surface area contributed by atoms with E-state index in [9.17, 15) is 9.90 Å². The van der Waals surface area contributed by atoms with E-state index in [-0.39, 0.29) is 5.92 Å². The van der Waals surface area contributed by atoms with Gasteiger partial charge in [-0.15, -0.1) is 0 Å². The van der Waals surface area contributed by atoms with Crippen LogP contribution in [0.2, 0.25) is 0 Å². The van der Waals surface area contributed by atoms with Gasteiger partial charge in [0.1, 0.15) is 0 Å². The molecule has 3 heteroatoms. The van der Waals surface area contributed by atoms with Crippen LogP contribution in [0, 0.1) is 17.8 Å². The first-order chi connectivity index (χ1) is 7.18. The Morgan fingerprint density at radius 2 is 1.93 bits per heavy atom. The normalized spacial score (nSPS) is 34.5. The number of aliphatic carboxylic acids is 1. The van der Waals surface area contributed by atoms with Gasteiger partial charge in [-0.05, 0) is 31.8 Å². The average molecular weight is 211 g/mol. The molecule has 2 fully saturated rings. The van der Waals surface area contributed by atoms with Gasteiger partial charge >= 0.3 is 5.97 Å². The number of rotatable bonds is 2. The smallest absolute Gasteiger partial charge is 0.306 e. The lowest BCUT2D eigenvalue weighted by molar-refractivity contribution is -0.146. The van der Waals surface area contributed by atoms with Gasteiger partial charge in [0.2, 0.25) is 0 Å². The van der Waals surface area contributed by atoms with Crippen LogP contribution in [0.25, 0.3) is 0 Å². The maximum Gasteiger partial charge on any atom is 0.306 e. The Kier molecular flexibility index (Phi) is 3.29. The maximum absolute atomic E-state index is 11.2. The molecule has 0 aromatic carbocycles. The van der Waals surface area contributed by atoms with E-state index in [2.05, 4.69) is 11.9 Å². The lowest BCUT2D eigenvalue weighted by atomic mass is 9.76. The molecule has 0 bridgehead atoms. The van der Waals surface area contributed by atoms with Gasteiger partial charge in [0, 0.05) is 6.54 Å². The third-order valence-corrected chi connectivity index (χ3v) is 4.18. The Labute approximate surface area is 91.5 Å². The molecule has 1 N–H and O–H groups in total. The first-order valence-corrected chi connectivity index (χ1v) is 6.10. The minimum atomic E-state index is -0.569. The number of piperidine rings is 1.